The molecule has 0 aromatic carbocycles. The molecule has 2 atom stereocenters. The molecule has 0 aliphatic heterocycles. The fraction of sp³-hybridized carbons (Fsp3) is 0.923. The molecule has 96 valence electrons. The number of carbonyl (C=O) groups is 1. The minimum atomic E-state index is -0.486. The third-order valence-electron chi connectivity index (χ3n) is 2.81. The minimum absolute atomic E-state index is 0.0471. The highest BCUT2D eigenvalue weighted by atomic mass is 16.3. The first-order valence-corrected chi connectivity index (χ1v) is 6.07. The number of nitrogens with one attached hydrogen (secondary N) is 1. The van der Waals surface area contributed by atoms with Gasteiger partial charge < -0.3 is 10.4 Å². The lowest BCUT2D eigenvalue weighted by atomic mass is 9.73. The molecule has 2 unspecified atom stereocenters. The summed E-state index contributed by atoms with van der Waals surface area (Å²) in [6, 6.07) is 0. The second-order valence-corrected chi connectivity index (χ2v) is 6.21. The van der Waals surface area contributed by atoms with E-state index in [-0.39, 0.29) is 16.7 Å². The molecular weight excluding hydrogens is 202 g/mol. The zero-order valence-electron chi connectivity index (χ0n) is 11.6. The third kappa shape index (κ3) is 5.50. The molecule has 2 N–H and O–H groups in total. The van der Waals surface area contributed by atoms with Crippen LogP contribution in [0.15, 0.2) is 0 Å². The van der Waals surface area contributed by atoms with Crippen LogP contribution < -0.4 is 5.32 Å². The van der Waals surface area contributed by atoms with Crippen molar-refractivity contribution in [1.29, 1.82) is 0 Å². The summed E-state index contributed by atoms with van der Waals surface area (Å²) in [7, 11) is 0. The van der Waals surface area contributed by atoms with Crippen LogP contribution in [0.3, 0.4) is 0 Å². The number of carbonyl (C=O) groups excluding carboxylic acids is 1. The summed E-state index contributed by atoms with van der Waals surface area (Å²) in [5, 5.41) is 12.0. The van der Waals surface area contributed by atoms with E-state index < -0.39 is 6.10 Å². The molecule has 0 aromatic heterocycles. The van der Waals surface area contributed by atoms with E-state index in [0.717, 1.165) is 12.8 Å². The highest BCUT2D eigenvalue weighted by Gasteiger charge is 2.35. The Kier molecular flexibility index (Phi) is 5.47. The van der Waals surface area contributed by atoms with E-state index in [1.165, 1.54) is 0 Å². The largest absolute Gasteiger partial charge is 0.392 e. The highest BCUT2D eigenvalue weighted by Crippen LogP contribution is 2.36. The van der Waals surface area contributed by atoms with E-state index in [4.69, 9.17) is 5.11 Å². The van der Waals surface area contributed by atoms with Crippen LogP contribution in [-0.2, 0) is 4.79 Å². The highest BCUT2D eigenvalue weighted by molar-refractivity contribution is 5.82. The maximum absolute atomic E-state index is 12.1. The summed E-state index contributed by atoms with van der Waals surface area (Å²) in [5.41, 5.74) is -0.208. The van der Waals surface area contributed by atoms with Gasteiger partial charge in [-0.1, -0.05) is 34.6 Å². The van der Waals surface area contributed by atoms with Crippen LogP contribution >= 0.6 is 0 Å². The summed E-state index contributed by atoms with van der Waals surface area (Å²) in [5.74, 6) is 0.0471. The number of amides is 1. The summed E-state index contributed by atoms with van der Waals surface area (Å²) in [6.07, 6.45) is 1.18. The predicted octanol–water partition coefficient (Wildman–Crippen LogP) is 2.34. The molecule has 16 heavy (non-hydrogen) atoms. The first-order valence-electron chi connectivity index (χ1n) is 6.07. The van der Waals surface area contributed by atoms with E-state index in [1.807, 2.05) is 13.8 Å². The number of rotatable bonds is 5. The first kappa shape index (κ1) is 15.4. The average molecular weight is 229 g/mol. The number of aliphatic hydroxyl groups is 1. The van der Waals surface area contributed by atoms with Crippen molar-refractivity contribution < 1.29 is 9.90 Å². The molecule has 0 aliphatic carbocycles. The van der Waals surface area contributed by atoms with Crippen LogP contribution in [0, 0.1) is 10.8 Å². The number of hydrogen-bond donors (Lipinski definition) is 2. The summed E-state index contributed by atoms with van der Waals surface area (Å²) >= 11 is 0. The van der Waals surface area contributed by atoms with Crippen molar-refractivity contribution in [3.05, 3.63) is 0 Å². The molecule has 0 spiro atoms. The molecule has 3 nitrogen and oxygen atoms in total. The Labute approximate surface area is 99.6 Å². The van der Waals surface area contributed by atoms with Gasteiger partial charge in [0, 0.05) is 12.0 Å². The Morgan fingerprint density at radius 2 is 1.81 bits per heavy atom. The molecule has 0 bridgehead atoms. The Hall–Kier alpha value is -0.570. The van der Waals surface area contributed by atoms with Crippen molar-refractivity contribution in [2.24, 2.45) is 10.8 Å². The Bertz CT molecular complexity index is 231. The minimum Gasteiger partial charge on any atom is -0.392 e. The van der Waals surface area contributed by atoms with Crippen molar-refractivity contribution in [3.8, 4) is 0 Å². The lowest BCUT2D eigenvalue weighted by molar-refractivity contribution is -0.132. The average Bonchev–Trinajstić information content (AvgIpc) is 2.11. The molecule has 0 saturated carbocycles. The van der Waals surface area contributed by atoms with Crippen LogP contribution in [0.1, 0.15) is 54.4 Å². The zero-order chi connectivity index (χ0) is 13.0. The molecule has 0 rings (SSSR count). The molecule has 0 aliphatic rings. The third-order valence-corrected chi connectivity index (χ3v) is 2.81. The molecule has 0 heterocycles. The van der Waals surface area contributed by atoms with Crippen LogP contribution in [0.25, 0.3) is 0 Å². The first-order chi connectivity index (χ1) is 7.10. The standard InChI is InChI=1S/C13H27NO2/c1-7-13(6,9-12(3,4)5)11(16)14-8-10(2)15/h10,15H,7-9H2,1-6H3,(H,14,16). The Morgan fingerprint density at radius 1 is 1.31 bits per heavy atom. The quantitative estimate of drug-likeness (QED) is 0.760. The molecule has 0 fully saturated rings. The topological polar surface area (TPSA) is 49.3 Å². The van der Waals surface area contributed by atoms with Gasteiger partial charge in [0.05, 0.1) is 6.10 Å². The van der Waals surface area contributed by atoms with Gasteiger partial charge in [0.2, 0.25) is 5.91 Å². The van der Waals surface area contributed by atoms with E-state index in [2.05, 4.69) is 26.1 Å². The molecule has 0 saturated heterocycles. The lowest BCUT2D eigenvalue weighted by Gasteiger charge is -2.33. The normalized spacial score (nSPS) is 17.7. The van der Waals surface area contributed by atoms with Crippen LogP contribution in [0.4, 0.5) is 0 Å². The van der Waals surface area contributed by atoms with Gasteiger partial charge in [0.15, 0.2) is 0 Å². The van der Waals surface area contributed by atoms with Gasteiger partial charge >= 0.3 is 0 Å². The van der Waals surface area contributed by atoms with E-state index in [9.17, 15) is 4.79 Å². The van der Waals surface area contributed by atoms with Gasteiger partial charge in [-0.15, -0.1) is 0 Å². The Morgan fingerprint density at radius 3 is 2.12 bits per heavy atom. The maximum atomic E-state index is 12.1. The lowest BCUT2D eigenvalue weighted by Crippen LogP contribution is -2.43. The van der Waals surface area contributed by atoms with Crippen LogP contribution in [0.2, 0.25) is 0 Å². The number of hydrogen-bond acceptors (Lipinski definition) is 2. The van der Waals surface area contributed by atoms with Crippen LogP contribution in [0.5, 0.6) is 0 Å². The van der Waals surface area contributed by atoms with Gasteiger partial charge in [0.25, 0.3) is 0 Å². The second-order valence-electron chi connectivity index (χ2n) is 6.21. The molecule has 3 heteroatoms. The van der Waals surface area contributed by atoms with E-state index in [1.54, 1.807) is 6.92 Å². The van der Waals surface area contributed by atoms with Gasteiger partial charge in [-0.3, -0.25) is 4.79 Å². The van der Waals surface area contributed by atoms with Crippen molar-refractivity contribution in [3.63, 3.8) is 0 Å². The zero-order valence-corrected chi connectivity index (χ0v) is 11.6. The maximum Gasteiger partial charge on any atom is 0.226 e. The van der Waals surface area contributed by atoms with Crippen LogP contribution in [-0.4, -0.2) is 23.7 Å². The van der Waals surface area contributed by atoms with E-state index in [0.29, 0.717) is 6.54 Å². The monoisotopic (exact) mass is 229 g/mol. The molecule has 1 amide bonds. The van der Waals surface area contributed by atoms with E-state index >= 15 is 0 Å². The summed E-state index contributed by atoms with van der Waals surface area (Å²) < 4.78 is 0. The summed E-state index contributed by atoms with van der Waals surface area (Å²) in [6.45, 7) is 12.5. The molecule has 0 aromatic rings. The molecule has 0 radical (unpaired) electrons. The van der Waals surface area contributed by atoms with Gasteiger partial charge in [-0.05, 0) is 25.2 Å². The van der Waals surface area contributed by atoms with Gasteiger partial charge in [-0.2, -0.15) is 0 Å². The number of aliphatic hydroxyl groups excluding tert-OH is 1. The van der Waals surface area contributed by atoms with Gasteiger partial charge in [-0.25, -0.2) is 0 Å². The van der Waals surface area contributed by atoms with Gasteiger partial charge in [0.1, 0.15) is 0 Å². The fourth-order valence-electron chi connectivity index (χ4n) is 1.99. The van der Waals surface area contributed by atoms with Crippen molar-refractivity contribution >= 4 is 5.91 Å². The van der Waals surface area contributed by atoms with Crippen molar-refractivity contribution in [1.82, 2.24) is 5.32 Å². The Balaban J connectivity index is 4.50. The second kappa shape index (κ2) is 5.67. The smallest absolute Gasteiger partial charge is 0.226 e. The summed E-state index contributed by atoms with van der Waals surface area (Å²) in [4.78, 5) is 12.1. The fourth-order valence-corrected chi connectivity index (χ4v) is 1.99. The molecular formula is C13H27NO2. The van der Waals surface area contributed by atoms with Crippen molar-refractivity contribution in [2.75, 3.05) is 6.54 Å². The SMILES string of the molecule is CCC(C)(CC(C)(C)C)C(=O)NCC(C)O. The predicted molar refractivity (Wildman–Crippen MR) is 67.2 cm³/mol. The van der Waals surface area contributed by atoms with Crippen molar-refractivity contribution in [2.45, 2.75) is 60.5 Å².